The summed E-state index contributed by atoms with van der Waals surface area (Å²) < 4.78 is 1.87. The average Bonchev–Trinajstić information content (AvgIpc) is 2.69. The minimum Gasteiger partial charge on any atom is -0.346 e. The van der Waals surface area contributed by atoms with Crippen molar-refractivity contribution in [2.24, 2.45) is 5.73 Å². The van der Waals surface area contributed by atoms with Crippen molar-refractivity contribution in [2.75, 3.05) is 0 Å². The Morgan fingerprint density at radius 2 is 2.53 bits per heavy atom. The van der Waals surface area contributed by atoms with Gasteiger partial charge in [-0.3, -0.25) is 9.48 Å². The summed E-state index contributed by atoms with van der Waals surface area (Å²) in [6, 6.07) is 1.82. The quantitative estimate of drug-likeness (QED) is 0.728. The lowest BCUT2D eigenvalue weighted by molar-refractivity contribution is -0.123. The Kier molecular flexibility index (Phi) is 2.73. The zero-order chi connectivity index (χ0) is 10.8. The van der Waals surface area contributed by atoms with Gasteiger partial charge in [-0.1, -0.05) is 0 Å². The Morgan fingerprint density at radius 1 is 1.73 bits per heavy atom. The minimum atomic E-state index is -0.0892. The first-order valence-electron chi connectivity index (χ1n) is 5.29. The number of nitrogens with zero attached hydrogens (tertiary/aromatic N) is 2. The first kappa shape index (κ1) is 10.2. The number of hydrogen-bond acceptors (Lipinski definition) is 3. The second kappa shape index (κ2) is 4.02. The maximum absolute atomic E-state index is 11.3. The zero-order valence-electron chi connectivity index (χ0n) is 8.81. The molecular formula is C10H16N4O. The summed E-state index contributed by atoms with van der Waals surface area (Å²) in [4.78, 5) is 11.3. The summed E-state index contributed by atoms with van der Waals surface area (Å²) in [6.07, 6.45) is 3.01. The molecule has 1 aromatic rings. The molecule has 2 heterocycles. The van der Waals surface area contributed by atoms with Gasteiger partial charge < -0.3 is 11.1 Å². The van der Waals surface area contributed by atoms with Crippen molar-refractivity contribution in [2.45, 2.75) is 38.4 Å². The van der Waals surface area contributed by atoms with E-state index in [4.69, 9.17) is 5.73 Å². The topological polar surface area (TPSA) is 72.9 Å². The third-order valence-corrected chi connectivity index (χ3v) is 2.82. The molecule has 1 saturated heterocycles. The average molecular weight is 208 g/mol. The van der Waals surface area contributed by atoms with E-state index in [0.29, 0.717) is 6.42 Å². The van der Waals surface area contributed by atoms with Crippen LogP contribution in [0.1, 0.15) is 31.5 Å². The minimum absolute atomic E-state index is 0.00954. The van der Waals surface area contributed by atoms with Crippen LogP contribution in [0.25, 0.3) is 0 Å². The maximum atomic E-state index is 11.3. The molecule has 5 heteroatoms. The number of amides is 1. The van der Waals surface area contributed by atoms with Crippen LogP contribution in [0.4, 0.5) is 0 Å². The number of hydrogen-bond donors (Lipinski definition) is 2. The molecule has 82 valence electrons. The van der Waals surface area contributed by atoms with Gasteiger partial charge in [0.25, 0.3) is 0 Å². The van der Waals surface area contributed by atoms with Crippen molar-refractivity contribution in [3.05, 3.63) is 18.0 Å². The molecule has 1 fully saturated rings. The SMILES string of the molecule is CCn1nccc1[C@@H]1NC(=O)CC[C@H]1N. The zero-order valence-corrected chi connectivity index (χ0v) is 8.81. The molecular weight excluding hydrogens is 192 g/mol. The summed E-state index contributed by atoms with van der Waals surface area (Å²) in [7, 11) is 0. The van der Waals surface area contributed by atoms with Crippen molar-refractivity contribution < 1.29 is 4.79 Å². The fraction of sp³-hybridized carbons (Fsp3) is 0.600. The van der Waals surface area contributed by atoms with Crippen molar-refractivity contribution in [1.29, 1.82) is 0 Å². The lowest BCUT2D eigenvalue weighted by Crippen LogP contribution is -2.46. The number of carbonyl (C=O) groups is 1. The van der Waals surface area contributed by atoms with Gasteiger partial charge in [0, 0.05) is 25.2 Å². The van der Waals surface area contributed by atoms with Crippen LogP contribution in [0.15, 0.2) is 12.3 Å². The van der Waals surface area contributed by atoms with Crippen molar-refractivity contribution >= 4 is 5.91 Å². The fourth-order valence-electron chi connectivity index (χ4n) is 1.98. The summed E-state index contributed by atoms with van der Waals surface area (Å²) in [5, 5.41) is 7.10. The number of nitrogens with two attached hydrogens (primary N) is 1. The van der Waals surface area contributed by atoms with Gasteiger partial charge in [-0.05, 0) is 19.4 Å². The lowest BCUT2D eigenvalue weighted by Gasteiger charge is -2.29. The molecule has 15 heavy (non-hydrogen) atoms. The molecule has 0 spiro atoms. The van der Waals surface area contributed by atoms with Crippen LogP contribution >= 0.6 is 0 Å². The lowest BCUT2D eigenvalue weighted by atomic mass is 9.96. The molecule has 1 aromatic heterocycles. The van der Waals surface area contributed by atoms with Crippen LogP contribution in [-0.4, -0.2) is 21.7 Å². The van der Waals surface area contributed by atoms with E-state index >= 15 is 0 Å². The predicted octanol–water partition coefficient (Wildman–Crippen LogP) is 0.181. The summed E-state index contributed by atoms with van der Waals surface area (Å²) in [5.74, 6) is 0.0746. The number of rotatable bonds is 2. The van der Waals surface area contributed by atoms with E-state index in [9.17, 15) is 4.79 Å². The highest BCUT2D eigenvalue weighted by Gasteiger charge is 2.29. The first-order valence-corrected chi connectivity index (χ1v) is 5.29. The van der Waals surface area contributed by atoms with Gasteiger partial charge in [0.1, 0.15) is 0 Å². The molecule has 0 saturated carbocycles. The molecule has 2 rings (SSSR count). The third kappa shape index (κ3) is 1.87. The van der Waals surface area contributed by atoms with Crippen LogP contribution in [0.5, 0.6) is 0 Å². The molecule has 0 bridgehead atoms. The van der Waals surface area contributed by atoms with Gasteiger partial charge in [0.2, 0.25) is 5.91 Å². The number of nitrogens with one attached hydrogen (secondary N) is 1. The first-order chi connectivity index (χ1) is 7.22. The molecule has 3 N–H and O–H groups in total. The van der Waals surface area contributed by atoms with Gasteiger partial charge in [0.15, 0.2) is 0 Å². The molecule has 1 amide bonds. The van der Waals surface area contributed by atoms with Gasteiger partial charge >= 0.3 is 0 Å². The largest absolute Gasteiger partial charge is 0.346 e. The van der Waals surface area contributed by atoms with Crippen LogP contribution < -0.4 is 11.1 Å². The van der Waals surface area contributed by atoms with Gasteiger partial charge in [-0.25, -0.2) is 0 Å². The summed E-state index contributed by atoms with van der Waals surface area (Å²) in [5.41, 5.74) is 7.00. The molecule has 1 aliphatic heterocycles. The van der Waals surface area contributed by atoms with Crippen molar-refractivity contribution in [3.8, 4) is 0 Å². The van der Waals surface area contributed by atoms with Crippen molar-refractivity contribution in [1.82, 2.24) is 15.1 Å². The molecule has 1 aliphatic rings. The number of piperidine rings is 1. The van der Waals surface area contributed by atoms with E-state index in [1.165, 1.54) is 0 Å². The number of aromatic nitrogens is 2. The van der Waals surface area contributed by atoms with Gasteiger partial charge in [-0.15, -0.1) is 0 Å². The number of aryl methyl sites for hydroxylation is 1. The Bertz CT molecular complexity index is 360. The van der Waals surface area contributed by atoms with Crippen molar-refractivity contribution in [3.63, 3.8) is 0 Å². The normalized spacial score (nSPS) is 26.4. The summed E-state index contributed by atoms with van der Waals surface area (Å²) >= 11 is 0. The Hall–Kier alpha value is -1.36. The van der Waals surface area contributed by atoms with Crippen LogP contribution in [-0.2, 0) is 11.3 Å². The van der Waals surface area contributed by atoms with Crippen LogP contribution in [0.3, 0.4) is 0 Å². The Labute approximate surface area is 88.6 Å². The maximum Gasteiger partial charge on any atom is 0.220 e. The van der Waals surface area contributed by atoms with E-state index in [-0.39, 0.29) is 18.0 Å². The van der Waals surface area contributed by atoms with Crippen LogP contribution in [0.2, 0.25) is 0 Å². The van der Waals surface area contributed by atoms with E-state index in [2.05, 4.69) is 10.4 Å². The second-order valence-corrected chi connectivity index (χ2v) is 3.82. The predicted molar refractivity (Wildman–Crippen MR) is 56.0 cm³/mol. The van der Waals surface area contributed by atoms with Crippen LogP contribution in [0, 0.1) is 0 Å². The van der Waals surface area contributed by atoms with E-state index in [1.54, 1.807) is 6.20 Å². The molecule has 0 unspecified atom stereocenters. The standard InChI is InChI=1S/C10H16N4O/c1-2-14-8(5-6-12-14)10-7(11)3-4-9(15)13-10/h5-7,10H,2-4,11H2,1H3,(H,13,15)/t7-,10-/m1/s1. The van der Waals surface area contributed by atoms with Gasteiger partial charge in [-0.2, -0.15) is 5.10 Å². The Balaban J connectivity index is 2.24. The smallest absolute Gasteiger partial charge is 0.220 e. The molecule has 0 aliphatic carbocycles. The van der Waals surface area contributed by atoms with E-state index < -0.39 is 0 Å². The fourth-order valence-corrected chi connectivity index (χ4v) is 1.98. The monoisotopic (exact) mass is 208 g/mol. The second-order valence-electron chi connectivity index (χ2n) is 3.82. The highest BCUT2D eigenvalue weighted by molar-refractivity contribution is 5.77. The van der Waals surface area contributed by atoms with E-state index in [1.807, 2.05) is 17.7 Å². The van der Waals surface area contributed by atoms with E-state index in [0.717, 1.165) is 18.7 Å². The van der Waals surface area contributed by atoms with Gasteiger partial charge in [0.05, 0.1) is 11.7 Å². The highest BCUT2D eigenvalue weighted by Crippen LogP contribution is 2.22. The third-order valence-electron chi connectivity index (χ3n) is 2.82. The summed E-state index contributed by atoms with van der Waals surface area (Å²) in [6.45, 7) is 2.81. The molecule has 5 nitrogen and oxygen atoms in total. The molecule has 0 radical (unpaired) electrons. The highest BCUT2D eigenvalue weighted by atomic mass is 16.1. The molecule has 0 aromatic carbocycles. The number of carbonyl (C=O) groups excluding carboxylic acids is 1. The Morgan fingerprint density at radius 3 is 3.27 bits per heavy atom. The molecule has 2 atom stereocenters.